The molecular weight excluding hydrogens is 352 g/mol. The van der Waals surface area contributed by atoms with Crippen molar-refractivity contribution < 1.29 is 9.53 Å². The molecule has 0 aliphatic heterocycles. The summed E-state index contributed by atoms with van der Waals surface area (Å²) >= 11 is 6.24. The Hall–Kier alpha value is -2.60. The molecule has 7 heteroatoms. The van der Waals surface area contributed by atoms with E-state index >= 15 is 0 Å². The van der Waals surface area contributed by atoms with Gasteiger partial charge < -0.3 is 15.0 Å². The number of hydrogen-bond acceptors (Lipinski definition) is 4. The van der Waals surface area contributed by atoms with Gasteiger partial charge >= 0.3 is 0 Å². The Morgan fingerprint density at radius 2 is 2.27 bits per heavy atom. The second-order valence-electron chi connectivity index (χ2n) is 6.53. The molecule has 3 aromatic rings. The van der Waals surface area contributed by atoms with E-state index in [1.54, 1.807) is 12.3 Å². The number of aromatic amines is 1. The third kappa shape index (κ3) is 3.65. The van der Waals surface area contributed by atoms with Crippen molar-refractivity contribution in [3.63, 3.8) is 0 Å². The monoisotopic (exact) mass is 370 g/mol. The van der Waals surface area contributed by atoms with Crippen LogP contribution < -0.4 is 10.1 Å². The van der Waals surface area contributed by atoms with Gasteiger partial charge in [-0.3, -0.25) is 9.78 Å². The normalized spacial score (nSPS) is 15.0. The standard InChI is InChI=1S/C19H19ClN4O2/c1-11-23-15-5-2-12(8-16(15)24-11)9-22-19(25)14-10-21-7-6-17(14)26-18(20)13-3-4-13/h2,5-8,10,13,18H,3-4,9H2,1H3,(H,22,25)(H,23,24). The molecule has 1 amide bonds. The number of alkyl halides is 1. The summed E-state index contributed by atoms with van der Waals surface area (Å²) < 4.78 is 5.75. The van der Waals surface area contributed by atoms with E-state index in [0.717, 1.165) is 35.3 Å². The van der Waals surface area contributed by atoms with Gasteiger partial charge in [-0.05, 0) is 43.5 Å². The fraction of sp³-hybridized carbons (Fsp3) is 0.316. The molecule has 2 N–H and O–H groups in total. The average molecular weight is 371 g/mol. The molecule has 1 fully saturated rings. The van der Waals surface area contributed by atoms with Gasteiger partial charge in [-0.15, -0.1) is 0 Å². The predicted molar refractivity (Wildman–Crippen MR) is 99.2 cm³/mol. The summed E-state index contributed by atoms with van der Waals surface area (Å²) in [4.78, 5) is 24.2. The number of aryl methyl sites for hydroxylation is 1. The van der Waals surface area contributed by atoms with E-state index in [1.165, 1.54) is 6.20 Å². The summed E-state index contributed by atoms with van der Waals surface area (Å²) in [5, 5.41) is 2.91. The first-order valence-electron chi connectivity index (χ1n) is 8.58. The Balaban J connectivity index is 1.45. The molecule has 1 aromatic carbocycles. The SMILES string of the molecule is Cc1nc2ccc(CNC(=O)c3cnccc3OC(Cl)C3CC3)cc2[nH]1. The van der Waals surface area contributed by atoms with Crippen LogP contribution >= 0.6 is 11.6 Å². The zero-order valence-electron chi connectivity index (χ0n) is 14.3. The molecule has 134 valence electrons. The van der Waals surface area contributed by atoms with E-state index in [4.69, 9.17) is 16.3 Å². The summed E-state index contributed by atoms with van der Waals surface area (Å²) in [5.41, 5.74) is 2.82. The van der Waals surface area contributed by atoms with Crippen LogP contribution in [0, 0.1) is 12.8 Å². The van der Waals surface area contributed by atoms with Gasteiger partial charge in [0.15, 0.2) is 5.56 Å². The van der Waals surface area contributed by atoms with E-state index < -0.39 is 5.56 Å². The molecule has 0 spiro atoms. The van der Waals surface area contributed by atoms with Crippen molar-refractivity contribution in [2.24, 2.45) is 5.92 Å². The number of amides is 1. The molecule has 0 saturated heterocycles. The molecule has 0 bridgehead atoms. The third-order valence-electron chi connectivity index (χ3n) is 4.38. The van der Waals surface area contributed by atoms with Crippen molar-refractivity contribution >= 4 is 28.5 Å². The molecule has 0 radical (unpaired) electrons. The molecule has 2 heterocycles. The molecule has 1 atom stereocenters. The molecule has 1 aliphatic rings. The number of hydrogen-bond donors (Lipinski definition) is 2. The van der Waals surface area contributed by atoms with Crippen molar-refractivity contribution in [1.82, 2.24) is 20.3 Å². The van der Waals surface area contributed by atoms with Crippen molar-refractivity contribution in [2.75, 3.05) is 0 Å². The second kappa shape index (κ2) is 6.96. The number of ether oxygens (including phenoxy) is 1. The maximum atomic E-state index is 12.6. The molecule has 1 aliphatic carbocycles. The highest BCUT2D eigenvalue weighted by molar-refractivity contribution is 6.20. The zero-order chi connectivity index (χ0) is 18.1. The van der Waals surface area contributed by atoms with Crippen LogP contribution in [0.1, 0.15) is 34.6 Å². The number of fused-ring (bicyclic) bond motifs is 1. The lowest BCUT2D eigenvalue weighted by atomic mass is 10.2. The van der Waals surface area contributed by atoms with Crippen LogP contribution in [0.15, 0.2) is 36.7 Å². The van der Waals surface area contributed by atoms with Crippen LogP contribution in [0.5, 0.6) is 5.75 Å². The number of H-pyrrole nitrogens is 1. The van der Waals surface area contributed by atoms with Crippen LogP contribution in [-0.4, -0.2) is 26.4 Å². The molecular formula is C19H19ClN4O2. The van der Waals surface area contributed by atoms with Crippen LogP contribution in [0.25, 0.3) is 11.0 Å². The highest BCUT2D eigenvalue weighted by atomic mass is 35.5. The van der Waals surface area contributed by atoms with Gasteiger partial charge in [0.05, 0.1) is 16.6 Å². The van der Waals surface area contributed by atoms with Gasteiger partial charge in [-0.25, -0.2) is 4.98 Å². The Labute approximate surface area is 155 Å². The van der Waals surface area contributed by atoms with Gasteiger partial charge in [-0.2, -0.15) is 0 Å². The predicted octanol–water partition coefficient (Wildman–Crippen LogP) is 3.55. The van der Waals surface area contributed by atoms with Crippen LogP contribution in [0.4, 0.5) is 0 Å². The number of nitrogens with zero attached hydrogens (tertiary/aromatic N) is 2. The van der Waals surface area contributed by atoms with Gasteiger partial charge in [0.25, 0.3) is 5.91 Å². The largest absolute Gasteiger partial charge is 0.473 e. The minimum Gasteiger partial charge on any atom is -0.473 e. The number of carbonyl (C=O) groups is 1. The number of pyridine rings is 1. The Morgan fingerprint density at radius 1 is 1.42 bits per heavy atom. The molecule has 4 rings (SSSR count). The highest BCUT2D eigenvalue weighted by Gasteiger charge is 2.32. The maximum Gasteiger partial charge on any atom is 0.256 e. The number of halogens is 1. The fourth-order valence-corrected chi connectivity index (χ4v) is 3.15. The van der Waals surface area contributed by atoms with Crippen LogP contribution in [0.2, 0.25) is 0 Å². The highest BCUT2D eigenvalue weighted by Crippen LogP contribution is 2.37. The average Bonchev–Trinajstić information content (AvgIpc) is 3.41. The molecule has 1 saturated carbocycles. The van der Waals surface area contributed by atoms with Gasteiger partial charge in [0.2, 0.25) is 0 Å². The third-order valence-corrected chi connectivity index (χ3v) is 4.82. The van der Waals surface area contributed by atoms with E-state index in [0.29, 0.717) is 23.8 Å². The van der Waals surface area contributed by atoms with Crippen molar-refractivity contribution in [2.45, 2.75) is 31.9 Å². The molecule has 26 heavy (non-hydrogen) atoms. The summed E-state index contributed by atoms with van der Waals surface area (Å²) in [6.45, 7) is 2.31. The number of rotatable bonds is 6. The van der Waals surface area contributed by atoms with Crippen molar-refractivity contribution in [1.29, 1.82) is 0 Å². The van der Waals surface area contributed by atoms with Crippen LogP contribution in [0.3, 0.4) is 0 Å². The summed E-state index contributed by atoms with van der Waals surface area (Å²) in [7, 11) is 0. The number of imidazole rings is 1. The van der Waals surface area contributed by atoms with E-state index in [-0.39, 0.29) is 5.91 Å². The maximum absolute atomic E-state index is 12.6. The summed E-state index contributed by atoms with van der Waals surface area (Å²) in [6.07, 6.45) is 5.23. The lowest BCUT2D eigenvalue weighted by molar-refractivity contribution is 0.0945. The Morgan fingerprint density at radius 3 is 3.08 bits per heavy atom. The minimum absolute atomic E-state index is 0.242. The summed E-state index contributed by atoms with van der Waals surface area (Å²) in [5.74, 6) is 1.45. The Bertz CT molecular complexity index is 952. The van der Waals surface area contributed by atoms with Crippen LogP contribution in [-0.2, 0) is 6.54 Å². The zero-order valence-corrected chi connectivity index (χ0v) is 15.1. The molecule has 1 unspecified atom stereocenters. The quantitative estimate of drug-likeness (QED) is 0.650. The smallest absolute Gasteiger partial charge is 0.256 e. The first-order valence-corrected chi connectivity index (χ1v) is 9.02. The fourth-order valence-electron chi connectivity index (χ4n) is 2.80. The van der Waals surface area contributed by atoms with E-state index in [9.17, 15) is 4.79 Å². The Kier molecular flexibility index (Phi) is 4.51. The minimum atomic E-state index is -0.407. The first-order chi connectivity index (χ1) is 12.6. The molecule has 6 nitrogen and oxygen atoms in total. The van der Waals surface area contributed by atoms with Crippen molar-refractivity contribution in [3.8, 4) is 5.75 Å². The number of carbonyl (C=O) groups excluding carboxylic acids is 1. The van der Waals surface area contributed by atoms with Gasteiger partial charge in [-0.1, -0.05) is 17.7 Å². The lowest BCUT2D eigenvalue weighted by Crippen LogP contribution is -2.24. The first kappa shape index (κ1) is 16.8. The topological polar surface area (TPSA) is 79.9 Å². The summed E-state index contributed by atoms with van der Waals surface area (Å²) in [6, 6.07) is 7.54. The lowest BCUT2D eigenvalue weighted by Gasteiger charge is -2.15. The van der Waals surface area contributed by atoms with E-state index in [1.807, 2.05) is 25.1 Å². The van der Waals surface area contributed by atoms with Crippen molar-refractivity contribution in [3.05, 3.63) is 53.6 Å². The van der Waals surface area contributed by atoms with Gasteiger partial charge in [0, 0.05) is 24.9 Å². The second-order valence-corrected chi connectivity index (χ2v) is 6.96. The number of nitrogens with one attached hydrogen (secondary N) is 2. The van der Waals surface area contributed by atoms with E-state index in [2.05, 4.69) is 20.3 Å². The number of aromatic nitrogens is 3. The number of benzene rings is 1. The van der Waals surface area contributed by atoms with Gasteiger partial charge in [0.1, 0.15) is 11.6 Å². The molecule has 2 aromatic heterocycles.